The lowest BCUT2D eigenvalue weighted by Crippen LogP contribution is -2.50. The Kier molecular flexibility index (Phi) is 3.41. The fourth-order valence-electron chi connectivity index (χ4n) is 1.93. The first kappa shape index (κ1) is 12.3. The van der Waals surface area contributed by atoms with Crippen LogP contribution in [0.5, 0.6) is 0 Å². The van der Waals surface area contributed by atoms with Crippen LogP contribution in [0.15, 0.2) is 60.7 Å². The second kappa shape index (κ2) is 5.00. The molecule has 0 aliphatic carbocycles. The second-order valence-electron chi connectivity index (χ2n) is 3.82. The molecule has 0 aliphatic rings. The van der Waals surface area contributed by atoms with E-state index >= 15 is 0 Å². The zero-order chi connectivity index (χ0) is 13.0. The molecule has 0 heterocycles. The maximum atomic E-state index is 11.5. The number of carboxylic acids is 1. The predicted octanol–water partition coefficient (Wildman–Crippen LogP) is 0.570. The van der Waals surface area contributed by atoms with Gasteiger partial charge in [0.15, 0.2) is 5.60 Å². The summed E-state index contributed by atoms with van der Waals surface area (Å²) in [7, 11) is 0. The average molecular weight is 242 g/mol. The number of aliphatic carboxylic acids is 1. The fraction of sp³-hybridized carbons (Fsp3) is 0.0714. The lowest BCUT2D eigenvalue weighted by Gasteiger charge is -2.33. The van der Waals surface area contributed by atoms with E-state index in [1.165, 1.54) is 0 Å². The molecule has 0 unspecified atom stereocenters. The molecule has 0 saturated carbocycles. The van der Waals surface area contributed by atoms with E-state index in [0.717, 1.165) is 0 Å². The van der Waals surface area contributed by atoms with Gasteiger partial charge in [-0.2, -0.15) is 0 Å². The van der Waals surface area contributed by atoms with Crippen molar-refractivity contribution in [2.45, 2.75) is 5.60 Å². The van der Waals surface area contributed by atoms with Crippen molar-refractivity contribution in [3.8, 4) is 0 Å². The van der Waals surface area contributed by atoms with Gasteiger partial charge in [-0.25, -0.2) is 5.90 Å². The van der Waals surface area contributed by atoms with E-state index in [4.69, 9.17) is 10.7 Å². The zero-order valence-electron chi connectivity index (χ0n) is 9.58. The summed E-state index contributed by atoms with van der Waals surface area (Å²) in [5.74, 6) is 3.85. The molecule has 2 N–H and O–H groups in total. The van der Waals surface area contributed by atoms with Gasteiger partial charge in [0, 0.05) is 0 Å². The second-order valence-corrected chi connectivity index (χ2v) is 3.82. The van der Waals surface area contributed by atoms with Crippen LogP contribution >= 0.6 is 0 Å². The molecule has 18 heavy (non-hydrogen) atoms. The summed E-state index contributed by atoms with van der Waals surface area (Å²) in [4.78, 5) is 16.3. The highest BCUT2D eigenvalue weighted by atomic mass is 16.6. The largest absolute Gasteiger partial charge is 0.546 e. The number of carbonyl (C=O) groups is 1. The van der Waals surface area contributed by atoms with Crippen LogP contribution < -0.4 is 11.0 Å². The van der Waals surface area contributed by atoms with Crippen molar-refractivity contribution >= 4 is 5.97 Å². The molecule has 0 radical (unpaired) electrons. The summed E-state index contributed by atoms with van der Waals surface area (Å²) >= 11 is 0. The molecular formula is C14H12NO3-. The molecule has 2 aromatic carbocycles. The van der Waals surface area contributed by atoms with Crippen LogP contribution in [0.25, 0.3) is 0 Å². The van der Waals surface area contributed by atoms with Gasteiger partial charge in [-0.05, 0) is 11.1 Å². The van der Waals surface area contributed by atoms with Crippen molar-refractivity contribution in [2.75, 3.05) is 0 Å². The third kappa shape index (κ3) is 1.88. The molecule has 92 valence electrons. The first-order chi connectivity index (χ1) is 8.71. The van der Waals surface area contributed by atoms with Gasteiger partial charge in [0.05, 0.1) is 5.97 Å². The van der Waals surface area contributed by atoms with Gasteiger partial charge >= 0.3 is 0 Å². The van der Waals surface area contributed by atoms with E-state index < -0.39 is 11.6 Å². The van der Waals surface area contributed by atoms with Gasteiger partial charge < -0.3 is 9.90 Å². The number of carbonyl (C=O) groups excluding carboxylic acids is 1. The van der Waals surface area contributed by atoms with Gasteiger partial charge in [-0.15, -0.1) is 0 Å². The van der Waals surface area contributed by atoms with Gasteiger partial charge in [0.1, 0.15) is 0 Å². The lowest BCUT2D eigenvalue weighted by atomic mass is 9.86. The minimum Gasteiger partial charge on any atom is -0.546 e. The Balaban J connectivity index is 2.65. The fourth-order valence-corrected chi connectivity index (χ4v) is 1.93. The third-order valence-electron chi connectivity index (χ3n) is 2.82. The standard InChI is InChI=1S/C14H13NO3/c15-18-14(13(16)17,11-7-3-1-4-8-11)12-9-5-2-6-10-12/h1-10H,15H2,(H,16,17)/p-1. The van der Waals surface area contributed by atoms with Crippen LogP contribution in [0.1, 0.15) is 11.1 Å². The minimum absolute atomic E-state index is 0.415. The number of hydrogen-bond donors (Lipinski definition) is 1. The van der Waals surface area contributed by atoms with E-state index in [9.17, 15) is 9.90 Å². The number of carboxylic acid groups (broad SMARTS) is 1. The third-order valence-corrected chi connectivity index (χ3v) is 2.82. The summed E-state index contributed by atoms with van der Waals surface area (Å²) in [6, 6.07) is 17.0. The monoisotopic (exact) mass is 242 g/mol. The van der Waals surface area contributed by atoms with Crippen molar-refractivity contribution in [1.29, 1.82) is 0 Å². The van der Waals surface area contributed by atoms with Crippen molar-refractivity contribution in [3.05, 3.63) is 71.8 Å². The molecule has 2 rings (SSSR count). The van der Waals surface area contributed by atoms with E-state index in [1.54, 1.807) is 60.7 Å². The van der Waals surface area contributed by atoms with Crippen molar-refractivity contribution < 1.29 is 14.7 Å². The predicted molar refractivity (Wildman–Crippen MR) is 63.9 cm³/mol. The maximum absolute atomic E-state index is 11.5. The Morgan fingerprint density at radius 1 is 0.944 bits per heavy atom. The summed E-state index contributed by atoms with van der Waals surface area (Å²) in [5.41, 5.74) is -0.958. The van der Waals surface area contributed by atoms with Gasteiger partial charge in [0.25, 0.3) is 0 Å². The molecule has 4 heteroatoms. The number of nitrogens with two attached hydrogens (primary N) is 1. The SMILES string of the molecule is NOC(C(=O)[O-])(c1ccccc1)c1ccccc1. The van der Waals surface area contributed by atoms with E-state index in [1.807, 2.05) is 0 Å². The molecule has 0 bridgehead atoms. The van der Waals surface area contributed by atoms with Crippen LogP contribution in [0.3, 0.4) is 0 Å². The summed E-state index contributed by atoms with van der Waals surface area (Å²) in [6.07, 6.45) is 0. The molecule has 0 spiro atoms. The zero-order valence-corrected chi connectivity index (χ0v) is 9.58. The lowest BCUT2D eigenvalue weighted by molar-refractivity contribution is -0.326. The minimum atomic E-state index is -1.79. The molecule has 2 aromatic rings. The first-order valence-corrected chi connectivity index (χ1v) is 5.42. The number of rotatable bonds is 4. The van der Waals surface area contributed by atoms with Crippen molar-refractivity contribution in [3.63, 3.8) is 0 Å². The summed E-state index contributed by atoms with van der Waals surface area (Å²) in [5, 5.41) is 11.5. The van der Waals surface area contributed by atoms with Crippen molar-refractivity contribution in [2.24, 2.45) is 5.90 Å². The van der Waals surface area contributed by atoms with Crippen LogP contribution in [0.4, 0.5) is 0 Å². The average Bonchev–Trinajstić information content (AvgIpc) is 2.42. The summed E-state index contributed by atoms with van der Waals surface area (Å²) < 4.78 is 0. The molecule has 0 aromatic heterocycles. The van der Waals surface area contributed by atoms with Crippen LogP contribution in [0, 0.1) is 0 Å². The quantitative estimate of drug-likeness (QED) is 0.795. The van der Waals surface area contributed by atoms with Crippen LogP contribution in [-0.4, -0.2) is 5.97 Å². The van der Waals surface area contributed by atoms with E-state index in [0.29, 0.717) is 11.1 Å². The molecule has 4 nitrogen and oxygen atoms in total. The highest BCUT2D eigenvalue weighted by molar-refractivity contribution is 5.82. The van der Waals surface area contributed by atoms with Gasteiger partial charge in [-0.1, -0.05) is 60.7 Å². The van der Waals surface area contributed by atoms with Crippen LogP contribution in [0.2, 0.25) is 0 Å². The molecule has 0 fully saturated rings. The Morgan fingerprint density at radius 2 is 1.33 bits per heavy atom. The van der Waals surface area contributed by atoms with E-state index in [-0.39, 0.29) is 0 Å². The Labute approximate surface area is 105 Å². The Hall–Kier alpha value is -2.17. The smallest absolute Gasteiger partial charge is 0.178 e. The Bertz CT molecular complexity index is 486. The molecule has 0 aliphatic heterocycles. The molecule has 0 saturated heterocycles. The molecule has 0 atom stereocenters. The van der Waals surface area contributed by atoms with Crippen LogP contribution in [-0.2, 0) is 15.2 Å². The van der Waals surface area contributed by atoms with Gasteiger partial charge in [0.2, 0.25) is 0 Å². The highest BCUT2D eigenvalue weighted by Crippen LogP contribution is 2.31. The maximum Gasteiger partial charge on any atom is 0.178 e. The highest BCUT2D eigenvalue weighted by Gasteiger charge is 2.37. The molecule has 0 amide bonds. The van der Waals surface area contributed by atoms with Crippen molar-refractivity contribution in [1.82, 2.24) is 0 Å². The number of benzene rings is 2. The number of hydrogen-bond acceptors (Lipinski definition) is 4. The summed E-state index contributed by atoms with van der Waals surface area (Å²) in [6.45, 7) is 0. The van der Waals surface area contributed by atoms with E-state index in [2.05, 4.69) is 0 Å². The first-order valence-electron chi connectivity index (χ1n) is 5.42. The topological polar surface area (TPSA) is 75.4 Å². The van der Waals surface area contributed by atoms with Gasteiger partial charge in [-0.3, -0.25) is 4.84 Å². The molecular weight excluding hydrogens is 230 g/mol. The Morgan fingerprint density at radius 3 is 1.61 bits per heavy atom. The normalized spacial score (nSPS) is 11.2.